The van der Waals surface area contributed by atoms with Gasteiger partial charge in [0.2, 0.25) is 0 Å². The van der Waals surface area contributed by atoms with Crippen molar-refractivity contribution in [2.45, 2.75) is 6.61 Å². The van der Waals surface area contributed by atoms with Crippen molar-refractivity contribution in [3.8, 4) is 5.69 Å². The van der Waals surface area contributed by atoms with Crippen molar-refractivity contribution in [2.75, 3.05) is 19.0 Å². The fraction of sp³-hybridized carbons (Fsp3) is 0.150. The van der Waals surface area contributed by atoms with Gasteiger partial charge in [0, 0.05) is 31.7 Å². The SMILES string of the molecule is CN(C)c1ccc(-n2cccc2/C=N/OCc2ccccc2)cc1. The molecule has 122 valence electrons. The third-order valence-electron chi connectivity index (χ3n) is 3.76. The first-order chi connectivity index (χ1) is 11.7. The van der Waals surface area contributed by atoms with E-state index in [1.54, 1.807) is 6.21 Å². The van der Waals surface area contributed by atoms with Crippen LogP contribution >= 0.6 is 0 Å². The molecular formula is C20H21N3O. The third-order valence-corrected chi connectivity index (χ3v) is 3.76. The van der Waals surface area contributed by atoms with Crippen LogP contribution in [0.15, 0.2) is 78.1 Å². The summed E-state index contributed by atoms with van der Waals surface area (Å²) in [6.07, 6.45) is 3.76. The van der Waals surface area contributed by atoms with E-state index in [0.717, 1.165) is 16.9 Å². The van der Waals surface area contributed by atoms with E-state index in [0.29, 0.717) is 6.61 Å². The molecule has 0 N–H and O–H groups in total. The molecule has 1 heterocycles. The summed E-state index contributed by atoms with van der Waals surface area (Å²) >= 11 is 0. The van der Waals surface area contributed by atoms with E-state index < -0.39 is 0 Å². The number of oxime groups is 1. The first kappa shape index (κ1) is 15.9. The Bertz CT molecular complexity index is 789. The Morgan fingerprint density at radius 3 is 2.42 bits per heavy atom. The molecular weight excluding hydrogens is 298 g/mol. The topological polar surface area (TPSA) is 29.8 Å². The predicted molar refractivity (Wildman–Crippen MR) is 98.9 cm³/mol. The Hall–Kier alpha value is -3.01. The molecule has 3 aromatic rings. The van der Waals surface area contributed by atoms with Gasteiger partial charge in [0.1, 0.15) is 6.61 Å². The molecule has 0 amide bonds. The van der Waals surface area contributed by atoms with Crippen LogP contribution in [0.25, 0.3) is 5.69 Å². The minimum Gasteiger partial charge on any atom is -0.391 e. The first-order valence-electron chi connectivity index (χ1n) is 7.88. The second-order valence-corrected chi connectivity index (χ2v) is 5.71. The average Bonchev–Trinajstić information content (AvgIpc) is 3.08. The van der Waals surface area contributed by atoms with Crippen molar-refractivity contribution >= 4 is 11.9 Å². The molecule has 0 fully saturated rings. The Morgan fingerprint density at radius 2 is 1.71 bits per heavy atom. The molecule has 0 aliphatic carbocycles. The molecule has 0 spiro atoms. The molecule has 1 aromatic heterocycles. The highest BCUT2D eigenvalue weighted by molar-refractivity contribution is 5.78. The molecule has 0 atom stereocenters. The molecule has 0 aliphatic rings. The molecule has 0 saturated heterocycles. The summed E-state index contributed by atoms with van der Waals surface area (Å²) in [5.41, 5.74) is 4.34. The van der Waals surface area contributed by atoms with E-state index in [1.165, 1.54) is 5.69 Å². The van der Waals surface area contributed by atoms with E-state index >= 15 is 0 Å². The highest BCUT2D eigenvalue weighted by atomic mass is 16.6. The largest absolute Gasteiger partial charge is 0.391 e. The molecule has 0 aliphatic heterocycles. The number of anilines is 1. The zero-order valence-corrected chi connectivity index (χ0v) is 14.0. The second-order valence-electron chi connectivity index (χ2n) is 5.71. The summed E-state index contributed by atoms with van der Waals surface area (Å²) < 4.78 is 2.08. The fourth-order valence-corrected chi connectivity index (χ4v) is 2.42. The van der Waals surface area contributed by atoms with Gasteiger partial charge in [0.05, 0.1) is 11.9 Å². The van der Waals surface area contributed by atoms with Crippen LogP contribution in [-0.2, 0) is 11.4 Å². The monoisotopic (exact) mass is 319 g/mol. The van der Waals surface area contributed by atoms with Crippen molar-refractivity contribution in [1.82, 2.24) is 4.57 Å². The van der Waals surface area contributed by atoms with Gasteiger partial charge in [-0.25, -0.2) is 0 Å². The van der Waals surface area contributed by atoms with Crippen LogP contribution in [0.5, 0.6) is 0 Å². The maximum absolute atomic E-state index is 5.38. The van der Waals surface area contributed by atoms with Gasteiger partial charge in [-0.05, 0) is 42.0 Å². The van der Waals surface area contributed by atoms with Crippen LogP contribution in [0.4, 0.5) is 5.69 Å². The summed E-state index contributed by atoms with van der Waals surface area (Å²) in [4.78, 5) is 7.47. The van der Waals surface area contributed by atoms with Crippen molar-refractivity contribution in [3.05, 3.63) is 84.2 Å². The number of benzene rings is 2. The predicted octanol–water partition coefficient (Wildman–Crippen LogP) is 4.09. The number of aromatic nitrogens is 1. The maximum Gasteiger partial charge on any atom is 0.142 e. The van der Waals surface area contributed by atoms with Gasteiger partial charge in [-0.1, -0.05) is 35.5 Å². The highest BCUT2D eigenvalue weighted by Crippen LogP contribution is 2.17. The van der Waals surface area contributed by atoms with Crippen LogP contribution in [0.3, 0.4) is 0 Å². The molecule has 0 radical (unpaired) electrons. The van der Waals surface area contributed by atoms with Crippen LogP contribution in [0.2, 0.25) is 0 Å². The van der Waals surface area contributed by atoms with Crippen molar-refractivity contribution < 1.29 is 4.84 Å². The van der Waals surface area contributed by atoms with Crippen LogP contribution in [0.1, 0.15) is 11.3 Å². The van der Waals surface area contributed by atoms with Gasteiger partial charge in [-0.3, -0.25) is 0 Å². The lowest BCUT2D eigenvalue weighted by molar-refractivity contribution is 0.132. The smallest absolute Gasteiger partial charge is 0.142 e. The summed E-state index contributed by atoms with van der Waals surface area (Å²) in [6, 6.07) is 22.4. The summed E-state index contributed by atoms with van der Waals surface area (Å²) in [5, 5.41) is 4.09. The zero-order valence-electron chi connectivity index (χ0n) is 14.0. The van der Waals surface area contributed by atoms with E-state index in [4.69, 9.17) is 4.84 Å². The van der Waals surface area contributed by atoms with Gasteiger partial charge in [-0.2, -0.15) is 0 Å². The molecule has 4 nitrogen and oxygen atoms in total. The Labute approximate surface area is 142 Å². The van der Waals surface area contributed by atoms with E-state index in [1.807, 2.05) is 62.8 Å². The van der Waals surface area contributed by atoms with Gasteiger partial charge in [0.15, 0.2) is 0 Å². The molecule has 0 saturated carbocycles. The van der Waals surface area contributed by atoms with E-state index in [9.17, 15) is 0 Å². The minimum atomic E-state index is 0.468. The normalized spacial score (nSPS) is 10.9. The number of hydrogen-bond acceptors (Lipinski definition) is 3. The molecule has 2 aromatic carbocycles. The Balaban J connectivity index is 1.67. The minimum absolute atomic E-state index is 0.468. The quantitative estimate of drug-likeness (QED) is 0.506. The third kappa shape index (κ3) is 3.84. The van der Waals surface area contributed by atoms with Crippen molar-refractivity contribution in [3.63, 3.8) is 0 Å². The number of rotatable bonds is 6. The van der Waals surface area contributed by atoms with E-state index in [2.05, 4.69) is 38.9 Å². The highest BCUT2D eigenvalue weighted by Gasteiger charge is 2.02. The summed E-state index contributed by atoms with van der Waals surface area (Å²) in [5.74, 6) is 0. The first-order valence-corrected chi connectivity index (χ1v) is 7.88. The van der Waals surface area contributed by atoms with Gasteiger partial charge >= 0.3 is 0 Å². The number of hydrogen-bond donors (Lipinski definition) is 0. The Kier molecular flexibility index (Phi) is 4.96. The average molecular weight is 319 g/mol. The second kappa shape index (κ2) is 7.51. The Morgan fingerprint density at radius 1 is 0.958 bits per heavy atom. The van der Waals surface area contributed by atoms with E-state index in [-0.39, 0.29) is 0 Å². The van der Waals surface area contributed by atoms with Gasteiger partial charge in [0.25, 0.3) is 0 Å². The zero-order chi connectivity index (χ0) is 16.8. The van der Waals surface area contributed by atoms with Gasteiger partial charge < -0.3 is 14.3 Å². The molecule has 0 bridgehead atoms. The summed E-state index contributed by atoms with van der Waals surface area (Å²) in [6.45, 7) is 0.468. The lowest BCUT2D eigenvalue weighted by atomic mass is 10.2. The van der Waals surface area contributed by atoms with Crippen molar-refractivity contribution in [1.29, 1.82) is 0 Å². The lowest BCUT2D eigenvalue weighted by Gasteiger charge is -2.13. The molecule has 24 heavy (non-hydrogen) atoms. The summed E-state index contributed by atoms with van der Waals surface area (Å²) in [7, 11) is 4.07. The van der Waals surface area contributed by atoms with Gasteiger partial charge in [-0.15, -0.1) is 0 Å². The lowest BCUT2D eigenvalue weighted by Crippen LogP contribution is -2.08. The standard InChI is InChI=1S/C20H21N3O/c1-22(2)18-10-12-19(13-11-18)23-14-6-9-20(23)15-21-24-16-17-7-4-3-5-8-17/h3-15H,16H2,1-2H3/b21-15+. The number of nitrogens with zero attached hydrogens (tertiary/aromatic N) is 3. The molecule has 0 unspecified atom stereocenters. The van der Waals surface area contributed by atoms with Crippen LogP contribution in [0, 0.1) is 0 Å². The van der Waals surface area contributed by atoms with Crippen molar-refractivity contribution in [2.24, 2.45) is 5.16 Å². The fourth-order valence-electron chi connectivity index (χ4n) is 2.42. The van der Waals surface area contributed by atoms with Crippen LogP contribution in [-0.4, -0.2) is 24.9 Å². The molecule has 3 rings (SSSR count). The molecule has 4 heteroatoms. The maximum atomic E-state index is 5.38. The van der Waals surface area contributed by atoms with Crippen LogP contribution < -0.4 is 4.90 Å².